The number of anilines is 2. The lowest BCUT2D eigenvalue weighted by Crippen LogP contribution is -2.13. The molecular weight excluding hydrogens is 213 g/mol. The van der Waals surface area contributed by atoms with Crippen molar-refractivity contribution in [2.75, 3.05) is 4.90 Å². The zero-order valence-electron chi connectivity index (χ0n) is 9.73. The number of para-hydroxylation sites is 1. The predicted octanol–water partition coefficient (Wildman–Crippen LogP) is 4.50. The lowest BCUT2D eigenvalue weighted by Gasteiger charge is -2.24. The molecule has 0 atom stereocenters. The van der Waals surface area contributed by atoms with Crippen molar-refractivity contribution in [1.29, 1.82) is 0 Å². The average Bonchev–Trinajstić information content (AvgIpc) is 2.33. The van der Waals surface area contributed by atoms with Crippen LogP contribution in [0.25, 0.3) is 0 Å². The molecule has 0 unspecified atom stereocenters. The molecule has 0 N–H and O–H groups in total. The standard InChI is InChI=1S/C15H14FN/c1-12(2)17(14-6-4-3-5-7-14)15-10-8-13(16)9-11-15/h3-11H,1H2,2H3. The van der Waals surface area contributed by atoms with Gasteiger partial charge in [0.05, 0.1) is 0 Å². The van der Waals surface area contributed by atoms with Crippen LogP contribution in [0.1, 0.15) is 6.92 Å². The molecule has 1 nitrogen and oxygen atoms in total. The van der Waals surface area contributed by atoms with E-state index in [9.17, 15) is 4.39 Å². The van der Waals surface area contributed by atoms with Crippen LogP contribution in [0.15, 0.2) is 66.9 Å². The lowest BCUT2D eigenvalue weighted by atomic mass is 10.2. The van der Waals surface area contributed by atoms with Crippen LogP contribution in [0.3, 0.4) is 0 Å². The van der Waals surface area contributed by atoms with E-state index in [2.05, 4.69) is 6.58 Å². The minimum absolute atomic E-state index is 0.233. The second-order valence-corrected chi connectivity index (χ2v) is 3.88. The Morgan fingerprint density at radius 2 is 1.47 bits per heavy atom. The topological polar surface area (TPSA) is 3.24 Å². The van der Waals surface area contributed by atoms with Crippen molar-refractivity contribution in [1.82, 2.24) is 0 Å². The fraction of sp³-hybridized carbons (Fsp3) is 0.0667. The van der Waals surface area contributed by atoms with Gasteiger partial charge in [-0.25, -0.2) is 4.39 Å². The lowest BCUT2D eigenvalue weighted by molar-refractivity contribution is 0.628. The van der Waals surface area contributed by atoms with Gasteiger partial charge in [0.1, 0.15) is 5.82 Å². The van der Waals surface area contributed by atoms with Crippen molar-refractivity contribution >= 4 is 11.4 Å². The third-order valence-electron chi connectivity index (χ3n) is 2.48. The number of halogens is 1. The summed E-state index contributed by atoms with van der Waals surface area (Å²) < 4.78 is 12.9. The second kappa shape index (κ2) is 4.83. The van der Waals surface area contributed by atoms with Crippen molar-refractivity contribution in [3.05, 3.63) is 72.7 Å². The van der Waals surface area contributed by atoms with Crippen LogP contribution in [-0.4, -0.2) is 0 Å². The highest BCUT2D eigenvalue weighted by Gasteiger charge is 2.09. The Bertz CT molecular complexity index is 502. The van der Waals surface area contributed by atoms with Gasteiger partial charge in [0.25, 0.3) is 0 Å². The largest absolute Gasteiger partial charge is 0.315 e. The van der Waals surface area contributed by atoms with Gasteiger partial charge in [-0.2, -0.15) is 0 Å². The summed E-state index contributed by atoms with van der Waals surface area (Å²) in [5.74, 6) is -0.233. The first kappa shape index (κ1) is 11.4. The summed E-state index contributed by atoms with van der Waals surface area (Å²) in [6, 6.07) is 16.3. The Morgan fingerprint density at radius 1 is 0.941 bits per heavy atom. The van der Waals surface area contributed by atoms with Gasteiger partial charge in [-0.3, -0.25) is 0 Å². The van der Waals surface area contributed by atoms with E-state index in [4.69, 9.17) is 0 Å². The van der Waals surface area contributed by atoms with Crippen LogP contribution in [0.4, 0.5) is 15.8 Å². The minimum atomic E-state index is -0.233. The minimum Gasteiger partial charge on any atom is -0.315 e. The molecule has 0 aliphatic carbocycles. The van der Waals surface area contributed by atoms with Gasteiger partial charge in [-0.15, -0.1) is 0 Å². The van der Waals surface area contributed by atoms with Crippen LogP contribution in [0.5, 0.6) is 0 Å². The smallest absolute Gasteiger partial charge is 0.123 e. The molecule has 0 amide bonds. The van der Waals surface area contributed by atoms with E-state index < -0.39 is 0 Å². The predicted molar refractivity (Wildman–Crippen MR) is 69.8 cm³/mol. The van der Waals surface area contributed by atoms with Gasteiger partial charge < -0.3 is 4.90 Å². The number of hydrogen-bond donors (Lipinski definition) is 0. The Kier molecular flexibility index (Phi) is 3.24. The molecule has 2 rings (SSSR count). The van der Waals surface area contributed by atoms with Crippen LogP contribution in [0, 0.1) is 5.82 Å². The van der Waals surface area contributed by atoms with E-state index in [0.29, 0.717) is 0 Å². The average molecular weight is 227 g/mol. The summed E-state index contributed by atoms with van der Waals surface area (Å²) >= 11 is 0. The second-order valence-electron chi connectivity index (χ2n) is 3.88. The highest BCUT2D eigenvalue weighted by atomic mass is 19.1. The fourth-order valence-electron chi connectivity index (χ4n) is 1.76. The quantitative estimate of drug-likeness (QED) is 0.746. The SMILES string of the molecule is C=C(C)N(c1ccccc1)c1ccc(F)cc1. The summed E-state index contributed by atoms with van der Waals surface area (Å²) in [5.41, 5.74) is 2.82. The van der Waals surface area contributed by atoms with E-state index in [1.54, 1.807) is 12.1 Å². The number of benzene rings is 2. The van der Waals surface area contributed by atoms with Crippen molar-refractivity contribution in [2.24, 2.45) is 0 Å². The molecule has 0 saturated carbocycles. The fourth-order valence-corrected chi connectivity index (χ4v) is 1.76. The maximum Gasteiger partial charge on any atom is 0.123 e. The monoisotopic (exact) mass is 227 g/mol. The van der Waals surface area contributed by atoms with Gasteiger partial charge in [-0.05, 0) is 43.3 Å². The third kappa shape index (κ3) is 2.53. The first-order valence-corrected chi connectivity index (χ1v) is 5.45. The summed E-state index contributed by atoms with van der Waals surface area (Å²) in [6.07, 6.45) is 0. The van der Waals surface area contributed by atoms with Crippen molar-refractivity contribution in [3.63, 3.8) is 0 Å². The van der Waals surface area contributed by atoms with E-state index in [1.165, 1.54) is 12.1 Å². The molecule has 0 aliphatic rings. The molecule has 0 spiro atoms. The van der Waals surface area contributed by atoms with E-state index in [-0.39, 0.29) is 5.82 Å². The summed E-state index contributed by atoms with van der Waals surface area (Å²) in [6.45, 7) is 5.89. The van der Waals surface area contributed by atoms with Crippen molar-refractivity contribution < 1.29 is 4.39 Å². The van der Waals surface area contributed by atoms with Crippen molar-refractivity contribution in [3.8, 4) is 0 Å². The van der Waals surface area contributed by atoms with E-state index >= 15 is 0 Å². The molecular formula is C15H14FN. The molecule has 0 aromatic heterocycles. The molecule has 2 aromatic rings. The maximum atomic E-state index is 12.9. The summed E-state index contributed by atoms with van der Waals surface area (Å²) in [7, 11) is 0. The van der Waals surface area contributed by atoms with Gasteiger partial charge in [0.15, 0.2) is 0 Å². The van der Waals surface area contributed by atoms with E-state index in [0.717, 1.165) is 17.1 Å². The molecule has 86 valence electrons. The first-order valence-electron chi connectivity index (χ1n) is 5.45. The zero-order chi connectivity index (χ0) is 12.3. The molecule has 0 bridgehead atoms. The van der Waals surface area contributed by atoms with E-state index in [1.807, 2.05) is 42.2 Å². The molecule has 2 heteroatoms. The molecule has 0 aliphatic heterocycles. The molecule has 0 saturated heterocycles. The number of nitrogens with zero attached hydrogens (tertiary/aromatic N) is 1. The molecule has 0 fully saturated rings. The van der Waals surface area contributed by atoms with Crippen molar-refractivity contribution in [2.45, 2.75) is 6.92 Å². The van der Waals surface area contributed by atoms with Gasteiger partial charge in [0, 0.05) is 17.1 Å². The van der Waals surface area contributed by atoms with Gasteiger partial charge in [0.2, 0.25) is 0 Å². The number of rotatable bonds is 3. The number of allylic oxidation sites excluding steroid dienone is 1. The Morgan fingerprint density at radius 3 is 2.00 bits per heavy atom. The summed E-state index contributed by atoms with van der Waals surface area (Å²) in [4.78, 5) is 1.99. The Labute approximate surface area is 101 Å². The highest BCUT2D eigenvalue weighted by Crippen LogP contribution is 2.28. The molecule has 17 heavy (non-hydrogen) atoms. The van der Waals surface area contributed by atoms with Gasteiger partial charge >= 0.3 is 0 Å². The molecule has 0 heterocycles. The molecule has 0 radical (unpaired) electrons. The first-order chi connectivity index (χ1) is 8.18. The van der Waals surface area contributed by atoms with Gasteiger partial charge in [-0.1, -0.05) is 24.8 Å². The van der Waals surface area contributed by atoms with Crippen LogP contribution in [-0.2, 0) is 0 Å². The highest BCUT2D eigenvalue weighted by molar-refractivity contribution is 5.67. The maximum absolute atomic E-state index is 12.9. The van der Waals surface area contributed by atoms with Crippen LogP contribution < -0.4 is 4.90 Å². The molecule has 2 aromatic carbocycles. The zero-order valence-corrected chi connectivity index (χ0v) is 9.73. The third-order valence-corrected chi connectivity index (χ3v) is 2.48. The summed E-state index contributed by atoms with van der Waals surface area (Å²) in [5, 5.41) is 0. The van der Waals surface area contributed by atoms with Crippen LogP contribution in [0.2, 0.25) is 0 Å². The van der Waals surface area contributed by atoms with Crippen LogP contribution >= 0.6 is 0 Å². The Hall–Kier alpha value is -2.09. The normalized spacial score (nSPS) is 10.0. The Balaban J connectivity index is 2.43. The number of hydrogen-bond acceptors (Lipinski definition) is 1.